The number of aryl methyl sites for hydroxylation is 3. The van der Waals surface area contributed by atoms with Crippen LogP contribution in [0.15, 0.2) is 36.4 Å². The molecule has 0 saturated carbocycles. The van der Waals surface area contributed by atoms with Crippen LogP contribution in [0.25, 0.3) is 0 Å². The lowest BCUT2D eigenvalue weighted by atomic mass is 10.00. The number of anilines is 1. The Bertz CT molecular complexity index is 670. The molecule has 2 aromatic carbocycles. The van der Waals surface area contributed by atoms with Crippen molar-refractivity contribution in [3.63, 3.8) is 0 Å². The number of carbonyl (C=O) groups is 1. The van der Waals surface area contributed by atoms with E-state index in [2.05, 4.69) is 43.5 Å². The molecule has 0 atom stereocenters. The third-order valence-corrected chi connectivity index (χ3v) is 4.08. The van der Waals surface area contributed by atoms with Gasteiger partial charge in [0.2, 0.25) is 0 Å². The average molecular weight is 326 g/mol. The van der Waals surface area contributed by atoms with Gasteiger partial charge in [-0.25, -0.2) is 0 Å². The van der Waals surface area contributed by atoms with Crippen LogP contribution in [0.1, 0.15) is 39.0 Å². The minimum atomic E-state index is -0.111. The van der Waals surface area contributed by atoms with E-state index in [0.29, 0.717) is 18.5 Å². The molecule has 4 nitrogen and oxygen atoms in total. The average Bonchev–Trinajstić information content (AvgIpc) is 2.54. The summed E-state index contributed by atoms with van der Waals surface area (Å²) in [4.78, 5) is 11.9. The minimum absolute atomic E-state index is 0.0843. The molecule has 0 aromatic heterocycles. The SMILES string of the molecule is Cc1cc(C)c(CNc2ccc(C(=O)NCCCO)cc2)c(C)c1. The maximum atomic E-state index is 11.9. The third kappa shape index (κ3) is 4.83. The standard InChI is InChI=1S/C20H26N2O2/c1-14-11-15(2)19(16(3)12-14)13-22-18-7-5-17(6-8-18)20(24)21-9-4-10-23/h5-8,11-12,22-23H,4,9-10,13H2,1-3H3,(H,21,24). The van der Waals surface area contributed by atoms with Crippen LogP contribution < -0.4 is 10.6 Å². The third-order valence-electron chi connectivity index (χ3n) is 4.08. The van der Waals surface area contributed by atoms with Crippen molar-refractivity contribution in [2.75, 3.05) is 18.5 Å². The van der Waals surface area contributed by atoms with Crippen LogP contribution in [0, 0.1) is 20.8 Å². The highest BCUT2D eigenvalue weighted by Gasteiger charge is 2.06. The first kappa shape index (κ1) is 18.0. The maximum absolute atomic E-state index is 11.9. The van der Waals surface area contributed by atoms with E-state index in [-0.39, 0.29) is 12.5 Å². The van der Waals surface area contributed by atoms with Gasteiger partial charge in [0.15, 0.2) is 0 Å². The Balaban J connectivity index is 1.96. The number of benzene rings is 2. The maximum Gasteiger partial charge on any atom is 0.251 e. The van der Waals surface area contributed by atoms with E-state index in [1.807, 2.05) is 24.3 Å². The summed E-state index contributed by atoms with van der Waals surface area (Å²) in [7, 11) is 0. The molecule has 0 radical (unpaired) electrons. The molecule has 4 heteroatoms. The fourth-order valence-electron chi connectivity index (χ4n) is 2.80. The van der Waals surface area contributed by atoms with Crippen LogP contribution in [-0.4, -0.2) is 24.2 Å². The molecule has 0 unspecified atom stereocenters. The molecule has 0 spiro atoms. The second-order valence-corrected chi connectivity index (χ2v) is 6.14. The summed E-state index contributed by atoms with van der Waals surface area (Å²) in [6, 6.07) is 11.9. The lowest BCUT2D eigenvalue weighted by Gasteiger charge is -2.13. The number of rotatable bonds is 7. The van der Waals surface area contributed by atoms with Crippen molar-refractivity contribution in [2.45, 2.75) is 33.7 Å². The van der Waals surface area contributed by atoms with Gasteiger partial charge in [-0.15, -0.1) is 0 Å². The molecule has 2 rings (SSSR count). The Morgan fingerprint density at radius 1 is 1.04 bits per heavy atom. The van der Waals surface area contributed by atoms with Crippen LogP contribution >= 0.6 is 0 Å². The molecule has 0 bridgehead atoms. The molecule has 3 N–H and O–H groups in total. The van der Waals surface area contributed by atoms with Gasteiger partial charge >= 0.3 is 0 Å². The fourth-order valence-corrected chi connectivity index (χ4v) is 2.80. The summed E-state index contributed by atoms with van der Waals surface area (Å²) < 4.78 is 0. The van der Waals surface area contributed by atoms with Crippen LogP contribution in [0.4, 0.5) is 5.69 Å². The van der Waals surface area contributed by atoms with Crippen molar-refractivity contribution in [1.29, 1.82) is 0 Å². The molecule has 0 aliphatic carbocycles. The predicted octanol–water partition coefficient (Wildman–Crippen LogP) is 3.34. The van der Waals surface area contributed by atoms with Gasteiger partial charge < -0.3 is 15.7 Å². The molecule has 1 amide bonds. The number of aliphatic hydroxyl groups excluding tert-OH is 1. The van der Waals surface area contributed by atoms with E-state index in [4.69, 9.17) is 5.11 Å². The van der Waals surface area contributed by atoms with E-state index in [9.17, 15) is 4.79 Å². The Morgan fingerprint density at radius 3 is 2.25 bits per heavy atom. The quantitative estimate of drug-likeness (QED) is 0.684. The molecule has 0 heterocycles. The van der Waals surface area contributed by atoms with E-state index in [1.54, 1.807) is 0 Å². The van der Waals surface area contributed by atoms with Gasteiger partial charge in [0.25, 0.3) is 5.91 Å². The van der Waals surface area contributed by atoms with Crippen molar-refractivity contribution < 1.29 is 9.90 Å². The van der Waals surface area contributed by atoms with Crippen molar-refractivity contribution in [3.05, 3.63) is 64.2 Å². The van der Waals surface area contributed by atoms with E-state index in [0.717, 1.165) is 12.2 Å². The lowest BCUT2D eigenvalue weighted by molar-refractivity contribution is 0.0951. The Kier molecular flexibility index (Phi) is 6.38. The van der Waals surface area contributed by atoms with E-state index < -0.39 is 0 Å². The first-order valence-corrected chi connectivity index (χ1v) is 8.31. The largest absolute Gasteiger partial charge is 0.396 e. The summed E-state index contributed by atoms with van der Waals surface area (Å²) in [5.41, 5.74) is 6.79. The Morgan fingerprint density at radius 2 is 1.67 bits per heavy atom. The molecule has 0 fully saturated rings. The van der Waals surface area contributed by atoms with Crippen molar-refractivity contribution in [1.82, 2.24) is 5.32 Å². The smallest absolute Gasteiger partial charge is 0.251 e. The van der Waals surface area contributed by atoms with Crippen LogP contribution in [-0.2, 0) is 6.54 Å². The van der Waals surface area contributed by atoms with Crippen molar-refractivity contribution in [3.8, 4) is 0 Å². The zero-order chi connectivity index (χ0) is 17.5. The first-order valence-electron chi connectivity index (χ1n) is 8.31. The monoisotopic (exact) mass is 326 g/mol. The summed E-state index contributed by atoms with van der Waals surface area (Å²) in [6.45, 7) is 7.72. The molecule has 0 aliphatic heterocycles. The van der Waals surface area contributed by atoms with Crippen LogP contribution in [0.2, 0.25) is 0 Å². The van der Waals surface area contributed by atoms with Gasteiger partial charge in [0.1, 0.15) is 0 Å². The molecule has 24 heavy (non-hydrogen) atoms. The summed E-state index contributed by atoms with van der Waals surface area (Å²) in [6.07, 6.45) is 0.570. The van der Waals surface area contributed by atoms with Crippen LogP contribution in [0.5, 0.6) is 0 Å². The highest BCUT2D eigenvalue weighted by atomic mass is 16.3. The van der Waals surface area contributed by atoms with Crippen molar-refractivity contribution in [2.24, 2.45) is 0 Å². The minimum Gasteiger partial charge on any atom is -0.396 e. The zero-order valence-electron chi connectivity index (χ0n) is 14.6. The van der Waals surface area contributed by atoms with Gasteiger partial charge in [-0.1, -0.05) is 17.7 Å². The molecule has 0 saturated heterocycles. The van der Waals surface area contributed by atoms with Crippen molar-refractivity contribution >= 4 is 11.6 Å². The summed E-state index contributed by atoms with van der Waals surface area (Å²) in [5, 5.41) is 14.9. The van der Waals surface area contributed by atoms with Gasteiger partial charge in [-0.3, -0.25) is 4.79 Å². The fraction of sp³-hybridized carbons (Fsp3) is 0.350. The second kappa shape index (κ2) is 8.50. The van der Waals surface area contributed by atoms with Crippen LogP contribution in [0.3, 0.4) is 0 Å². The normalized spacial score (nSPS) is 10.5. The topological polar surface area (TPSA) is 61.4 Å². The van der Waals surface area contributed by atoms with E-state index >= 15 is 0 Å². The highest BCUT2D eigenvalue weighted by molar-refractivity contribution is 5.94. The first-order chi connectivity index (χ1) is 11.5. The number of hydrogen-bond donors (Lipinski definition) is 3. The number of carbonyl (C=O) groups excluding carboxylic acids is 1. The predicted molar refractivity (Wildman–Crippen MR) is 98.5 cm³/mol. The number of aliphatic hydroxyl groups is 1. The van der Waals surface area contributed by atoms with Gasteiger partial charge in [0.05, 0.1) is 0 Å². The van der Waals surface area contributed by atoms with E-state index in [1.165, 1.54) is 22.3 Å². The Hall–Kier alpha value is -2.33. The molecular formula is C20H26N2O2. The van der Waals surface area contributed by atoms with Gasteiger partial charge in [-0.2, -0.15) is 0 Å². The molecule has 2 aromatic rings. The van der Waals surface area contributed by atoms with Gasteiger partial charge in [-0.05, 0) is 68.1 Å². The lowest BCUT2D eigenvalue weighted by Crippen LogP contribution is -2.24. The Labute approximate surface area is 143 Å². The summed E-state index contributed by atoms with van der Waals surface area (Å²) in [5.74, 6) is -0.111. The number of hydrogen-bond acceptors (Lipinski definition) is 3. The second-order valence-electron chi connectivity index (χ2n) is 6.14. The summed E-state index contributed by atoms with van der Waals surface area (Å²) >= 11 is 0. The molecule has 0 aliphatic rings. The number of amides is 1. The highest BCUT2D eigenvalue weighted by Crippen LogP contribution is 2.18. The number of nitrogens with one attached hydrogen (secondary N) is 2. The molecular weight excluding hydrogens is 300 g/mol. The molecule has 128 valence electrons. The van der Waals surface area contributed by atoms with Gasteiger partial charge in [0, 0.05) is 30.9 Å². The zero-order valence-corrected chi connectivity index (χ0v) is 14.6.